The Kier molecular flexibility index (Phi) is 5.78. The third-order valence-corrected chi connectivity index (χ3v) is 6.52. The number of aryl methyl sites for hydroxylation is 1. The molecule has 0 bridgehead atoms. The molecule has 1 fully saturated rings. The second-order valence-corrected chi connectivity index (χ2v) is 8.66. The molecule has 1 aromatic heterocycles. The van der Waals surface area contributed by atoms with E-state index in [0.29, 0.717) is 35.8 Å². The van der Waals surface area contributed by atoms with Gasteiger partial charge in [-0.15, -0.1) is 11.3 Å². The smallest absolute Gasteiger partial charge is 0.242 e. The summed E-state index contributed by atoms with van der Waals surface area (Å²) in [6.07, 6.45) is 0. The molecule has 1 aliphatic heterocycles. The van der Waals surface area contributed by atoms with Gasteiger partial charge in [-0.05, 0) is 36.8 Å². The first-order valence-electron chi connectivity index (χ1n) is 9.55. The zero-order chi connectivity index (χ0) is 20.4. The maximum absolute atomic E-state index is 14.0. The molecular weight excluding hydrogens is 405 g/mol. The standard InChI is InChI=1S/C22H22FN3OS2/c1-16-6-8-17(9-7-16)20-15-29-22(28)26(20)14-21(27)25-12-10-24(11-13-25)19-5-3-2-4-18(19)23/h2-9,15H,10-14H2,1H3. The van der Waals surface area contributed by atoms with Crippen LogP contribution in [0.5, 0.6) is 0 Å². The van der Waals surface area contributed by atoms with E-state index < -0.39 is 0 Å². The molecule has 0 aliphatic carbocycles. The lowest BCUT2D eigenvalue weighted by Crippen LogP contribution is -2.49. The number of rotatable bonds is 4. The number of hydrogen-bond donors (Lipinski definition) is 0. The van der Waals surface area contributed by atoms with E-state index in [4.69, 9.17) is 12.2 Å². The number of thiazole rings is 1. The van der Waals surface area contributed by atoms with Crippen LogP contribution >= 0.6 is 23.6 Å². The molecule has 0 unspecified atom stereocenters. The fourth-order valence-electron chi connectivity index (χ4n) is 3.57. The summed E-state index contributed by atoms with van der Waals surface area (Å²) in [4.78, 5) is 16.8. The van der Waals surface area contributed by atoms with Crippen LogP contribution in [-0.4, -0.2) is 41.6 Å². The molecule has 1 amide bonds. The minimum absolute atomic E-state index is 0.0426. The van der Waals surface area contributed by atoms with Crippen LogP contribution in [0.1, 0.15) is 5.56 Å². The number of benzene rings is 2. The Morgan fingerprint density at radius 2 is 1.76 bits per heavy atom. The van der Waals surface area contributed by atoms with Crippen molar-refractivity contribution in [1.29, 1.82) is 0 Å². The number of aromatic nitrogens is 1. The minimum Gasteiger partial charge on any atom is -0.366 e. The van der Waals surface area contributed by atoms with Gasteiger partial charge in [0.25, 0.3) is 0 Å². The van der Waals surface area contributed by atoms with Crippen LogP contribution < -0.4 is 4.90 Å². The first-order valence-corrected chi connectivity index (χ1v) is 10.8. The topological polar surface area (TPSA) is 28.5 Å². The molecule has 3 aromatic rings. The summed E-state index contributed by atoms with van der Waals surface area (Å²) in [6, 6.07) is 15.0. The summed E-state index contributed by atoms with van der Waals surface area (Å²) in [6.45, 7) is 4.66. The van der Waals surface area contributed by atoms with Crippen molar-refractivity contribution in [2.45, 2.75) is 13.5 Å². The molecule has 1 saturated heterocycles. The normalized spacial score (nSPS) is 14.3. The van der Waals surface area contributed by atoms with Gasteiger partial charge in [0.1, 0.15) is 12.4 Å². The molecule has 0 saturated carbocycles. The molecule has 4 rings (SSSR count). The molecule has 1 aliphatic rings. The van der Waals surface area contributed by atoms with E-state index in [-0.39, 0.29) is 18.3 Å². The van der Waals surface area contributed by atoms with Crippen molar-refractivity contribution in [2.24, 2.45) is 0 Å². The second kappa shape index (κ2) is 8.47. The van der Waals surface area contributed by atoms with Crippen LogP contribution in [0.2, 0.25) is 0 Å². The quantitative estimate of drug-likeness (QED) is 0.563. The van der Waals surface area contributed by atoms with E-state index in [0.717, 1.165) is 11.3 Å². The summed E-state index contributed by atoms with van der Waals surface area (Å²) >= 11 is 6.95. The minimum atomic E-state index is -0.223. The Morgan fingerprint density at radius 1 is 1.07 bits per heavy atom. The van der Waals surface area contributed by atoms with Crippen molar-refractivity contribution >= 4 is 35.1 Å². The SMILES string of the molecule is Cc1ccc(-c2csc(=S)n2CC(=O)N2CCN(c3ccccc3F)CC2)cc1. The predicted molar refractivity (Wildman–Crippen MR) is 119 cm³/mol. The molecule has 7 heteroatoms. The maximum atomic E-state index is 14.0. The van der Waals surface area contributed by atoms with Gasteiger partial charge < -0.3 is 14.4 Å². The molecule has 4 nitrogen and oxygen atoms in total. The highest BCUT2D eigenvalue weighted by molar-refractivity contribution is 7.73. The van der Waals surface area contributed by atoms with E-state index in [1.54, 1.807) is 12.1 Å². The second-order valence-electron chi connectivity index (χ2n) is 7.16. The molecule has 0 atom stereocenters. The van der Waals surface area contributed by atoms with Crippen LogP contribution in [0, 0.1) is 16.7 Å². The van der Waals surface area contributed by atoms with Crippen LogP contribution in [0.4, 0.5) is 10.1 Å². The van der Waals surface area contributed by atoms with Crippen LogP contribution in [0.3, 0.4) is 0 Å². The molecule has 150 valence electrons. The van der Waals surface area contributed by atoms with Crippen molar-refractivity contribution in [2.75, 3.05) is 31.1 Å². The molecule has 29 heavy (non-hydrogen) atoms. The monoisotopic (exact) mass is 427 g/mol. The predicted octanol–water partition coefficient (Wildman–Crippen LogP) is 4.74. The summed E-state index contributed by atoms with van der Waals surface area (Å²) < 4.78 is 16.6. The van der Waals surface area contributed by atoms with Gasteiger partial charge in [0, 0.05) is 31.6 Å². The maximum Gasteiger partial charge on any atom is 0.242 e. The lowest BCUT2D eigenvalue weighted by atomic mass is 10.1. The number of hydrogen-bond acceptors (Lipinski definition) is 4. The van der Waals surface area contributed by atoms with Crippen LogP contribution in [-0.2, 0) is 11.3 Å². The van der Waals surface area contributed by atoms with E-state index >= 15 is 0 Å². The van der Waals surface area contributed by atoms with E-state index in [1.165, 1.54) is 23.0 Å². The number of amides is 1. The molecular formula is C22H22FN3OS2. The molecule has 0 radical (unpaired) electrons. The Hall–Kier alpha value is -2.51. The Balaban J connectivity index is 1.45. The van der Waals surface area contributed by atoms with Gasteiger partial charge in [0.15, 0.2) is 3.95 Å². The van der Waals surface area contributed by atoms with E-state index in [1.807, 2.05) is 25.8 Å². The average molecular weight is 428 g/mol. The summed E-state index contributed by atoms with van der Waals surface area (Å²) in [7, 11) is 0. The highest BCUT2D eigenvalue weighted by atomic mass is 32.1. The van der Waals surface area contributed by atoms with Crippen LogP contribution in [0.15, 0.2) is 53.9 Å². The lowest BCUT2D eigenvalue weighted by Gasteiger charge is -2.36. The van der Waals surface area contributed by atoms with Gasteiger partial charge >= 0.3 is 0 Å². The molecule has 0 N–H and O–H groups in total. The van der Waals surface area contributed by atoms with Crippen molar-refractivity contribution in [3.05, 3.63) is 69.2 Å². The first-order chi connectivity index (χ1) is 14.0. The van der Waals surface area contributed by atoms with Gasteiger partial charge in [0.2, 0.25) is 5.91 Å². The fourth-order valence-corrected chi connectivity index (χ4v) is 4.64. The van der Waals surface area contributed by atoms with Crippen molar-refractivity contribution in [3.8, 4) is 11.3 Å². The molecule has 0 spiro atoms. The van der Waals surface area contributed by atoms with E-state index in [2.05, 4.69) is 31.2 Å². The van der Waals surface area contributed by atoms with Gasteiger partial charge in [-0.2, -0.15) is 0 Å². The first kappa shape index (κ1) is 19.8. The van der Waals surface area contributed by atoms with Crippen molar-refractivity contribution in [1.82, 2.24) is 9.47 Å². The van der Waals surface area contributed by atoms with Gasteiger partial charge in [-0.3, -0.25) is 4.79 Å². The lowest BCUT2D eigenvalue weighted by molar-refractivity contribution is -0.132. The number of carbonyl (C=O) groups is 1. The van der Waals surface area contributed by atoms with Crippen LogP contribution in [0.25, 0.3) is 11.3 Å². The van der Waals surface area contributed by atoms with Gasteiger partial charge in [-0.1, -0.05) is 42.0 Å². The number of nitrogens with zero attached hydrogens (tertiary/aromatic N) is 3. The average Bonchev–Trinajstić information content (AvgIpc) is 3.09. The third-order valence-electron chi connectivity index (χ3n) is 5.25. The summed E-state index contributed by atoms with van der Waals surface area (Å²) in [5.74, 6) is -0.180. The zero-order valence-corrected chi connectivity index (χ0v) is 17.8. The summed E-state index contributed by atoms with van der Waals surface area (Å²) in [5, 5.41) is 2.01. The van der Waals surface area contributed by atoms with Crippen molar-refractivity contribution in [3.63, 3.8) is 0 Å². The van der Waals surface area contributed by atoms with E-state index in [9.17, 15) is 9.18 Å². The fraction of sp³-hybridized carbons (Fsp3) is 0.273. The number of piperazine rings is 1. The third kappa shape index (κ3) is 4.26. The Morgan fingerprint density at radius 3 is 2.45 bits per heavy atom. The van der Waals surface area contributed by atoms with Crippen molar-refractivity contribution < 1.29 is 9.18 Å². The molecule has 2 heterocycles. The number of carbonyl (C=O) groups excluding carboxylic acids is 1. The number of anilines is 1. The summed E-state index contributed by atoms with van der Waals surface area (Å²) in [5.41, 5.74) is 3.82. The molecule has 2 aromatic carbocycles. The zero-order valence-electron chi connectivity index (χ0n) is 16.2. The number of para-hydroxylation sites is 1. The Labute approximate surface area is 178 Å². The Bertz CT molecular complexity index is 1070. The number of halogens is 1. The largest absolute Gasteiger partial charge is 0.366 e. The highest BCUT2D eigenvalue weighted by Gasteiger charge is 2.23. The highest BCUT2D eigenvalue weighted by Crippen LogP contribution is 2.25. The van der Waals surface area contributed by atoms with Gasteiger partial charge in [0.05, 0.1) is 11.4 Å². The van der Waals surface area contributed by atoms with Gasteiger partial charge in [-0.25, -0.2) is 4.39 Å².